The first kappa shape index (κ1) is 10.1. The molecule has 0 spiro atoms. The molecule has 10 heavy (non-hydrogen) atoms. The van der Waals surface area contributed by atoms with Crippen LogP contribution in [0.3, 0.4) is 0 Å². The molecule has 2 heteroatoms. The monoisotopic (exact) mass is 178 g/mol. The number of alkyl halides is 2. The van der Waals surface area contributed by atoms with Crippen LogP contribution in [0.25, 0.3) is 0 Å². The molecule has 0 N–H and O–H groups in total. The van der Waals surface area contributed by atoms with Crippen LogP contribution in [-0.4, -0.2) is 11.8 Å². The second-order valence-corrected chi connectivity index (χ2v) is 2.45. The summed E-state index contributed by atoms with van der Waals surface area (Å²) in [4.78, 5) is 0. The van der Waals surface area contributed by atoms with Crippen molar-refractivity contribution in [3.05, 3.63) is 24.3 Å². The van der Waals surface area contributed by atoms with Crippen LogP contribution >= 0.6 is 23.2 Å². The Labute approximate surface area is 72.5 Å². The van der Waals surface area contributed by atoms with Gasteiger partial charge in [0.05, 0.1) is 0 Å². The minimum Gasteiger partial charge on any atom is -0.122 e. The van der Waals surface area contributed by atoms with Crippen LogP contribution in [0, 0.1) is 0 Å². The first-order chi connectivity index (χ1) is 4.91. The molecule has 0 atom stereocenters. The molecule has 0 fully saturated rings. The molecule has 0 unspecified atom stereocenters. The highest BCUT2D eigenvalue weighted by Crippen LogP contribution is 1.93. The smallest absolute Gasteiger partial charge is 0.0404 e. The highest BCUT2D eigenvalue weighted by atomic mass is 35.5. The van der Waals surface area contributed by atoms with Gasteiger partial charge in [0, 0.05) is 11.8 Å². The summed E-state index contributed by atoms with van der Waals surface area (Å²) in [5.41, 5.74) is 0. The average molecular weight is 179 g/mol. The van der Waals surface area contributed by atoms with Crippen molar-refractivity contribution in [3.8, 4) is 0 Å². The van der Waals surface area contributed by atoms with E-state index in [4.69, 9.17) is 23.2 Å². The Morgan fingerprint density at radius 3 is 1.40 bits per heavy atom. The molecular formula is C8H12Cl2. The summed E-state index contributed by atoms with van der Waals surface area (Å²) in [6, 6.07) is 0. The predicted octanol–water partition coefficient (Wildman–Crippen LogP) is 3.36. The Morgan fingerprint density at radius 1 is 0.700 bits per heavy atom. The maximum Gasteiger partial charge on any atom is 0.0404 e. The average Bonchev–Trinajstić information content (AvgIpc) is 1.97. The van der Waals surface area contributed by atoms with Gasteiger partial charge >= 0.3 is 0 Å². The Bertz CT molecular complexity index is 91.8. The second-order valence-electron chi connectivity index (χ2n) is 1.83. The Balaban J connectivity index is 3.04. The quantitative estimate of drug-likeness (QED) is 0.345. The van der Waals surface area contributed by atoms with Crippen LogP contribution in [0.5, 0.6) is 0 Å². The highest BCUT2D eigenvalue weighted by Gasteiger charge is 1.74. The van der Waals surface area contributed by atoms with Crippen LogP contribution in [0.2, 0.25) is 0 Å². The third-order valence-corrected chi connectivity index (χ3v) is 1.37. The van der Waals surface area contributed by atoms with Gasteiger partial charge in [-0.1, -0.05) is 24.3 Å². The molecule has 0 rings (SSSR count). The molecule has 0 aliphatic carbocycles. The Morgan fingerprint density at radius 2 is 1.10 bits per heavy atom. The molecule has 0 amide bonds. The first-order valence-corrected chi connectivity index (χ1v) is 4.40. The fourth-order valence-electron chi connectivity index (χ4n) is 0.554. The molecule has 0 aromatic carbocycles. The van der Waals surface area contributed by atoms with Crippen LogP contribution < -0.4 is 0 Å². The zero-order chi connectivity index (χ0) is 7.66. The summed E-state index contributed by atoms with van der Waals surface area (Å²) in [6.45, 7) is 0. The summed E-state index contributed by atoms with van der Waals surface area (Å²) >= 11 is 10.8. The van der Waals surface area contributed by atoms with Gasteiger partial charge in [-0.25, -0.2) is 0 Å². The predicted molar refractivity (Wildman–Crippen MR) is 49.0 cm³/mol. The molecule has 0 radical (unpaired) electrons. The van der Waals surface area contributed by atoms with E-state index in [2.05, 4.69) is 12.2 Å². The zero-order valence-corrected chi connectivity index (χ0v) is 7.41. The second kappa shape index (κ2) is 9.06. The lowest BCUT2D eigenvalue weighted by atomic mass is 10.3. The molecule has 0 aromatic heterocycles. The largest absolute Gasteiger partial charge is 0.122 e. The Hall–Kier alpha value is 0.0600. The van der Waals surface area contributed by atoms with Crippen molar-refractivity contribution >= 4 is 23.2 Å². The van der Waals surface area contributed by atoms with Crippen molar-refractivity contribution in [1.82, 2.24) is 0 Å². The van der Waals surface area contributed by atoms with Crippen molar-refractivity contribution in [1.29, 1.82) is 0 Å². The number of rotatable bonds is 5. The van der Waals surface area contributed by atoms with Crippen molar-refractivity contribution in [2.24, 2.45) is 0 Å². The number of unbranched alkanes of at least 4 members (excludes halogenated alkanes) is 1. The minimum absolute atomic E-state index is 0.610. The van der Waals surface area contributed by atoms with Gasteiger partial charge < -0.3 is 0 Å². The lowest BCUT2D eigenvalue weighted by molar-refractivity contribution is 1.05. The van der Waals surface area contributed by atoms with Crippen molar-refractivity contribution in [3.63, 3.8) is 0 Å². The summed E-state index contributed by atoms with van der Waals surface area (Å²) in [5.74, 6) is 1.22. The molecule has 0 saturated heterocycles. The fraction of sp³-hybridized carbons (Fsp3) is 0.500. The van der Waals surface area contributed by atoms with Gasteiger partial charge in [-0.3, -0.25) is 0 Å². The van der Waals surface area contributed by atoms with E-state index in [1.165, 1.54) is 0 Å². The Kier molecular flexibility index (Phi) is 9.11. The van der Waals surface area contributed by atoms with Gasteiger partial charge in [0.15, 0.2) is 0 Å². The van der Waals surface area contributed by atoms with E-state index in [1.807, 2.05) is 12.2 Å². The molecule has 0 heterocycles. The molecule has 58 valence electrons. The molecule has 0 aliphatic heterocycles. The third kappa shape index (κ3) is 8.06. The SMILES string of the molecule is ClC/C=C\CC/C=C\CCl. The highest BCUT2D eigenvalue weighted by molar-refractivity contribution is 6.19. The van der Waals surface area contributed by atoms with Gasteiger partial charge in [-0.2, -0.15) is 0 Å². The van der Waals surface area contributed by atoms with E-state index in [0.29, 0.717) is 11.8 Å². The topological polar surface area (TPSA) is 0 Å². The number of allylic oxidation sites excluding steroid dienone is 4. The van der Waals surface area contributed by atoms with E-state index in [1.54, 1.807) is 0 Å². The lowest BCUT2D eigenvalue weighted by Gasteiger charge is -1.84. The first-order valence-electron chi connectivity index (χ1n) is 3.33. The van der Waals surface area contributed by atoms with E-state index < -0.39 is 0 Å². The van der Waals surface area contributed by atoms with Crippen LogP contribution in [-0.2, 0) is 0 Å². The summed E-state index contributed by atoms with van der Waals surface area (Å²) in [6.07, 6.45) is 10.2. The van der Waals surface area contributed by atoms with E-state index in [-0.39, 0.29) is 0 Å². The van der Waals surface area contributed by atoms with Gasteiger partial charge in [0.1, 0.15) is 0 Å². The molecular weight excluding hydrogens is 167 g/mol. The maximum absolute atomic E-state index is 5.42. The zero-order valence-electron chi connectivity index (χ0n) is 5.89. The summed E-state index contributed by atoms with van der Waals surface area (Å²) < 4.78 is 0. The summed E-state index contributed by atoms with van der Waals surface area (Å²) in [5, 5.41) is 0. The van der Waals surface area contributed by atoms with Crippen LogP contribution in [0.1, 0.15) is 12.8 Å². The molecule has 0 nitrogen and oxygen atoms in total. The number of hydrogen-bond donors (Lipinski definition) is 0. The fourth-order valence-corrected chi connectivity index (χ4v) is 0.806. The van der Waals surface area contributed by atoms with Crippen LogP contribution in [0.4, 0.5) is 0 Å². The molecule has 0 saturated carbocycles. The molecule has 0 bridgehead atoms. The van der Waals surface area contributed by atoms with Gasteiger partial charge in [-0.05, 0) is 12.8 Å². The van der Waals surface area contributed by atoms with Gasteiger partial charge in [0.25, 0.3) is 0 Å². The third-order valence-electron chi connectivity index (χ3n) is 1.01. The van der Waals surface area contributed by atoms with Crippen molar-refractivity contribution in [2.45, 2.75) is 12.8 Å². The number of halogens is 2. The van der Waals surface area contributed by atoms with Gasteiger partial charge in [0.2, 0.25) is 0 Å². The lowest BCUT2D eigenvalue weighted by Crippen LogP contribution is -1.66. The van der Waals surface area contributed by atoms with E-state index >= 15 is 0 Å². The number of hydrogen-bond acceptors (Lipinski definition) is 0. The normalized spacial score (nSPS) is 11.8. The molecule has 0 aliphatic rings. The molecule has 0 aromatic rings. The van der Waals surface area contributed by atoms with Crippen LogP contribution in [0.15, 0.2) is 24.3 Å². The van der Waals surface area contributed by atoms with Crippen molar-refractivity contribution in [2.75, 3.05) is 11.8 Å². The summed E-state index contributed by atoms with van der Waals surface area (Å²) in [7, 11) is 0. The van der Waals surface area contributed by atoms with E-state index in [0.717, 1.165) is 12.8 Å². The maximum atomic E-state index is 5.42. The van der Waals surface area contributed by atoms with Crippen molar-refractivity contribution < 1.29 is 0 Å². The van der Waals surface area contributed by atoms with Gasteiger partial charge in [-0.15, -0.1) is 23.2 Å². The van der Waals surface area contributed by atoms with E-state index in [9.17, 15) is 0 Å². The minimum atomic E-state index is 0.610. The standard InChI is InChI=1S/C8H12Cl2/c9-7-5-3-1-2-4-6-8-10/h3-6H,1-2,7-8H2/b5-3-,6-4-.